The predicted molar refractivity (Wildman–Crippen MR) is 227 cm³/mol. The summed E-state index contributed by atoms with van der Waals surface area (Å²) in [6.07, 6.45) is 1.04. The predicted octanol–water partition coefficient (Wildman–Crippen LogP) is 14.4. The molecule has 0 heterocycles. The first-order valence-electron chi connectivity index (χ1n) is 18.9. The molecular formula is C51H44N2. The van der Waals surface area contributed by atoms with Crippen molar-refractivity contribution in [3.63, 3.8) is 0 Å². The average molecular weight is 685 g/mol. The van der Waals surface area contributed by atoms with Gasteiger partial charge in [-0.3, -0.25) is 0 Å². The van der Waals surface area contributed by atoms with Gasteiger partial charge in [-0.2, -0.15) is 0 Å². The van der Waals surface area contributed by atoms with E-state index in [1.807, 2.05) is 0 Å². The largest absolute Gasteiger partial charge is 0.310 e. The van der Waals surface area contributed by atoms with Crippen LogP contribution in [0.25, 0.3) is 32.7 Å². The van der Waals surface area contributed by atoms with Crippen molar-refractivity contribution in [2.24, 2.45) is 5.92 Å². The van der Waals surface area contributed by atoms with E-state index >= 15 is 0 Å². The zero-order chi connectivity index (χ0) is 36.1. The first-order chi connectivity index (χ1) is 25.9. The van der Waals surface area contributed by atoms with E-state index in [1.165, 1.54) is 66.4 Å². The molecule has 9 rings (SSSR count). The second-order valence-corrected chi connectivity index (χ2v) is 15.3. The normalized spacial score (nSPS) is 12.9. The monoisotopic (exact) mass is 684 g/mol. The third-order valence-electron chi connectivity index (χ3n) is 11.0. The van der Waals surface area contributed by atoms with Crippen LogP contribution in [0.3, 0.4) is 0 Å². The molecule has 0 N–H and O–H groups in total. The van der Waals surface area contributed by atoms with Gasteiger partial charge in [0, 0.05) is 38.9 Å². The van der Waals surface area contributed by atoms with E-state index < -0.39 is 0 Å². The van der Waals surface area contributed by atoms with Crippen molar-refractivity contribution in [3.8, 4) is 11.1 Å². The average Bonchev–Trinajstić information content (AvgIpc) is 3.41. The Hall–Kier alpha value is -6.12. The van der Waals surface area contributed by atoms with Crippen LogP contribution < -0.4 is 9.80 Å². The van der Waals surface area contributed by atoms with E-state index in [4.69, 9.17) is 0 Å². The van der Waals surface area contributed by atoms with E-state index in [9.17, 15) is 0 Å². The number of rotatable bonds is 8. The maximum Gasteiger partial charge on any atom is 0.0543 e. The minimum atomic E-state index is -0.248. The number of benzene rings is 8. The molecule has 2 heteroatoms. The second kappa shape index (κ2) is 13.1. The summed E-state index contributed by atoms with van der Waals surface area (Å²) < 4.78 is 0. The molecule has 0 radical (unpaired) electrons. The maximum absolute atomic E-state index is 2.52. The van der Waals surface area contributed by atoms with Gasteiger partial charge in [0.05, 0.1) is 11.4 Å². The van der Waals surface area contributed by atoms with Gasteiger partial charge < -0.3 is 9.80 Å². The van der Waals surface area contributed by atoms with Gasteiger partial charge in [0.15, 0.2) is 0 Å². The van der Waals surface area contributed by atoms with Crippen molar-refractivity contribution < 1.29 is 0 Å². The van der Waals surface area contributed by atoms with Gasteiger partial charge in [-0.25, -0.2) is 0 Å². The standard InChI is InChI=1S/C51H44N2/c1-35(2)31-36-17-15-24-40(32-36)53(48-28-16-19-37-18-11-12-25-42(37)48)49-34-47-50(44-27-14-13-26-43(44)49)45-30-29-41(33-46(45)51(47,3)4)52(38-20-7-5-8-21-38)39-22-9-6-10-23-39/h5-30,32-35H,31H2,1-4H3. The molecule has 2 nitrogen and oxygen atoms in total. The van der Waals surface area contributed by atoms with Crippen LogP contribution in [0.1, 0.15) is 44.4 Å². The molecule has 53 heavy (non-hydrogen) atoms. The van der Waals surface area contributed by atoms with Crippen LogP contribution in [0.15, 0.2) is 176 Å². The highest BCUT2D eigenvalue weighted by atomic mass is 15.1. The van der Waals surface area contributed by atoms with Gasteiger partial charge in [0.25, 0.3) is 0 Å². The third-order valence-corrected chi connectivity index (χ3v) is 11.0. The number of anilines is 6. The van der Waals surface area contributed by atoms with Crippen LogP contribution in [-0.4, -0.2) is 0 Å². The van der Waals surface area contributed by atoms with Crippen molar-refractivity contribution in [3.05, 3.63) is 193 Å². The zero-order valence-electron chi connectivity index (χ0n) is 30.9. The van der Waals surface area contributed by atoms with Crippen molar-refractivity contribution >= 4 is 55.7 Å². The summed E-state index contributed by atoms with van der Waals surface area (Å²) >= 11 is 0. The summed E-state index contributed by atoms with van der Waals surface area (Å²) in [4.78, 5) is 4.89. The molecule has 1 aliphatic rings. The first kappa shape index (κ1) is 32.8. The highest BCUT2D eigenvalue weighted by Crippen LogP contribution is 2.56. The lowest BCUT2D eigenvalue weighted by Gasteiger charge is -2.31. The summed E-state index contributed by atoms with van der Waals surface area (Å²) in [5.74, 6) is 0.570. The van der Waals surface area contributed by atoms with E-state index in [0.717, 1.165) is 23.5 Å². The molecule has 1 aliphatic carbocycles. The number of fused-ring (bicyclic) bond motifs is 6. The Bertz CT molecular complexity index is 2560. The Morgan fingerprint density at radius 3 is 1.75 bits per heavy atom. The first-order valence-corrected chi connectivity index (χ1v) is 18.9. The molecule has 0 fully saturated rings. The Kier molecular flexibility index (Phi) is 8.12. The van der Waals surface area contributed by atoms with Gasteiger partial charge >= 0.3 is 0 Å². The molecule has 0 atom stereocenters. The van der Waals surface area contributed by atoms with Crippen molar-refractivity contribution in [2.45, 2.75) is 39.5 Å². The van der Waals surface area contributed by atoms with Gasteiger partial charge in [-0.1, -0.05) is 143 Å². The van der Waals surface area contributed by atoms with Crippen LogP contribution in [0, 0.1) is 5.92 Å². The fourth-order valence-corrected chi connectivity index (χ4v) is 8.58. The Morgan fingerprint density at radius 2 is 1.04 bits per heavy atom. The van der Waals surface area contributed by atoms with Crippen LogP contribution in [0.4, 0.5) is 34.1 Å². The van der Waals surface area contributed by atoms with Crippen molar-refractivity contribution in [1.82, 2.24) is 0 Å². The number of hydrogen-bond acceptors (Lipinski definition) is 2. The lowest BCUT2D eigenvalue weighted by Crippen LogP contribution is -2.18. The lowest BCUT2D eigenvalue weighted by atomic mass is 9.81. The smallest absolute Gasteiger partial charge is 0.0543 e. The molecule has 8 aromatic carbocycles. The molecule has 0 aromatic heterocycles. The molecule has 0 saturated heterocycles. The molecule has 0 spiro atoms. The molecule has 0 unspecified atom stereocenters. The molecule has 0 saturated carbocycles. The van der Waals surface area contributed by atoms with Crippen LogP contribution in [0.2, 0.25) is 0 Å². The minimum absolute atomic E-state index is 0.248. The summed E-state index contributed by atoms with van der Waals surface area (Å²) in [5, 5.41) is 5.01. The Balaban J connectivity index is 1.28. The van der Waals surface area contributed by atoms with Crippen molar-refractivity contribution in [1.29, 1.82) is 0 Å². The number of nitrogens with zero attached hydrogens (tertiary/aromatic N) is 2. The molecule has 0 aliphatic heterocycles. The Morgan fingerprint density at radius 1 is 0.453 bits per heavy atom. The van der Waals surface area contributed by atoms with Crippen LogP contribution in [-0.2, 0) is 11.8 Å². The van der Waals surface area contributed by atoms with Gasteiger partial charge in [0.2, 0.25) is 0 Å². The summed E-state index contributed by atoms with van der Waals surface area (Å²) in [6.45, 7) is 9.41. The third kappa shape index (κ3) is 5.66. The zero-order valence-corrected chi connectivity index (χ0v) is 30.9. The molecule has 0 amide bonds. The topological polar surface area (TPSA) is 6.48 Å². The molecule has 258 valence electrons. The fourth-order valence-electron chi connectivity index (χ4n) is 8.58. The summed E-state index contributed by atoms with van der Waals surface area (Å²) in [5.41, 5.74) is 13.5. The minimum Gasteiger partial charge on any atom is -0.310 e. The lowest BCUT2D eigenvalue weighted by molar-refractivity contribution is 0.647. The van der Waals surface area contributed by atoms with Crippen LogP contribution in [0.5, 0.6) is 0 Å². The van der Waals surface area contributed by atoms with Gasteiger partial charge in [0.1, 0.15) is 0 Å². The fraction of sp³-hybridized carbons (Fsp3) is 0.137. The Labute approximate surface area is 313 Å². The van der Waals surface area contributed by atoms with Gasteiger partial charge in [-0.05, 0) is 112 Å². The van der Waals surface area contributed by atoms with E-state index in [-0.39, 0.29) is 5.41 Å². The number of para-hydroxylation sites is 2. The van der Waals surface area contributed by atoms with E-state index in [2.05, 4.69) is 213 Å². The summed E-state index contributed by atoms with van der Waals surface area (Å²) in [6, 6.07) is 64.7. The van der Waals surface area contributed by atoms with Crippen molar-refractivity contribution in [2.75, 3.05) is 9.80 Å². The van der Waals surface area contributed by atoms with Crippen LogP contribution >= 0.6 is 0 Å². The maximum atomic E-state index is 2.52. The van der Waals surface area contributed by atoms with Gasteiger partial charge in [-0.15, -0.1) is 0 Å². The molecular weight excluding hydrogens is 641 g/mol. The van der Waals surface area contributed by atoms with E-state index in [0.29, 0.717) is 5.92 Å². The van der Waals surface area contributed by atoms with E-state index in [1.54, 1.807) is 0 Å². The highest BCUT2D eigenvalue weighted by Gasteiger charge is 2.38. The molecule has 0 bridgehead atoms. The molecule has 8 aromatic rings. The second-order valence-electron chi connectivity index (χ2n) is 15.3. The summed E-state index contributed by atoms with van der Waals surface area (Å²) in [7, 11) is 0. The quantitative estimate of drug-likeness (QED) is 0.157. The SMILES string of the molecule is CC(C)Cc1cccc(N(c2cccc3ccccc23)c2cc3c(c4ccccc24)-c2ccc(N(c4ccccc4)c4ccccc4)cc2C3(C)C)c1. The number of hydrogen-bond donors (Lipinski definition) is 0. The highest BCUT2D eigenvalue weighted by molar-refractivity contribution is 6.11.